The van der Waals surface area contributed by atoms with E-state index in [4.69, 9.17) is 0 Å². The van der Waals surface area contributed by atoms with Gasteiger partial charge in [-0.2, -0.15) is 13.2 Å². The first-order valence-electron chi connectivity index (χ1n) is 8.28. The predicted molar refractivity (Wildman–Crippen MR) is 95.8 cm³/mol. The molecule has 0 spiro atoms. The summed E-state index contributed by atoms with van der Waals surface area (Å²) in [6.45, 7) is 0.926. The Bertz CT molecular complexity index is 760. The summed E-state index contributed by atoms with van der Waals surface area (Å²) in [5.74, 6) is -0.422. The highest BCUT2D eigenvalue weighted by Gasteiger charge is 2.30. The van der Waals surface area contributed by atoms with Crippen molar-refractivity contribution in [2.45, 2.75) is 12.7 Å². The third kappa shape index (κ3) is 6.25. The molecule has 4 nitrogen and oxygen atoms in total. The summed E-state index contributed by atoms with van der Waals surface area (Å²) in [6.07, 6.45) is -4.44. The SMILES string of the molecule is CN(C)CCN(Cc1ccccc1F)C(=O)Nc1ccc(C(F)(F)F)cc1. The first-order chi connectivity index (χ1) is 12.7. The number of carbonyl (C=O) groups is 1. The van der Waals surface area contributed by atoms with Gasteiger partial charge in [0.1, 0.15) is 5.82 Å². The van der Waals surface area contributed by atoms with Gasteiger partial charge in [0.15, 0.2) is 0 Å². The van der Waals surface area contributed by atoms with Gasteiger partial charge in [-0.05, 0) is 44.4 Å². The summed E-state index contributed by atoms with van der Waals surface area (Å²) in [6, 6.07) is 9.80. The molecule has 0 aliphatic carbocycles. The fraction of sp³-hybridized carbons (Fsp3) is 0.316. The molecule has 2 rings (SSSR count). The first kappa shape index (κ1) is 20.7. The Labute approximate surface area is 155 Å². The second-order valence-electron chi connectivity index (χ2n) is 6.32. The van der Waals surface area contributed by atoms with E-state index < -0.39 is 23.6 Å². The number of rotatable bonds is 6. The topological polar surface area (TPSA) is 35.6 Å². The summed E-state index contributed by atoms with van der Waals surface area (Å²) in [5.41, 5.74) is -0.202. The van der Waals surface area contributed by atoms with Crippen LogP contribution in [0.25, 0.3) is 0 Å². The minimum atomic E-state index is -4.44. The van der Waals surface area contributed by atoms with Crippen molar-refractivity contribution in [3.63, 3.8) is 0 Å². The highest BCUT2D eigenvalue weighted by molar-refractivity contribution is 5.89. The van der Waals surface area contributed by atoms with E-state index >= 15 is 0 Å². The van der Waals surface area contributed by atoms with Gasteiger partial charge >= 0.3 is 12.2 Å². The molecule has 0 atom stereocenters. The van der Waals surface area contributed by atoms with E-state index in [2.05, 4.69) is 5.32 Å². The lowest BCUT2D eigenvalue weighted by atomic mass is 10.2. The molecular formula is C19H21F4N3O. The number of likely N-dealkylation sites (N-methyl/N-ethyl adjacent to an activating group) is 1. The zero-order chi connectivity index (χ0) is 20.0. The summed E-state index contributed by atoms with van der Waals surface area (Å²) >= 11 is 0. The standard InChI is InChI=1S/C19H21F4N3O/c1-25(2)11-12-26(13-14-5-3-4-6-17(14)20)18(27)24-16-9-7-15(8-10-16)19(21,22)23/h3-10H,11-13H2,1-2H3,(H,24,27). The number of benzene rings is 2. The van der Waals surface area contributed by atoms with Crippen LogP contribution in [0, 0.1) is 5.82 Å². The zero-order valence-corrected chi connectivity index (χ0v) is 15.1. The molecule has 0 heterocycles. The van der Waals surface area contributed by atoms with Crippen LogP contribution >= 0.6 is 0 Å². The average Bonchev–Trinajstić information content (AvgIpc) is 2.59. The lowest BCUT2D eigenvalue weighted by Crippen LogP contribution is -2.39. The normalized spacial score (nSPS) is 11.5. The summed E-state index contributed by atoms with van der Waals surface area (Å²) in [4.78, 5) is 15.9. The molecule has 8 heteroatoms. The number of carbonyl (C=O) groups excluding carboxylic acids is 1. The second kappa shape index (κ2) is 8.85. The number of halogens is 4. The Morgan fingerprint density at radius 3 is 2.19 bits per heavy atom. The Morgan fingerprint density at radius 1 is 1.00 bits per heavy atom. The molecule has 0 radical (unpaired) electrons. The molecule has 27 heavy (non-hydrogen) atoms. The minimum absolute atomic E-state index is 0.0486. The van der Waals surface area contributed by atoms with Gasteiger partial charge in [0.05, 0.1) is 12.1 Å². The van der Waals surface area contributed by atoms with Crippen LogP contribution in [0.3, 0.4) is 0 Å². The Kier molecular flexibility index (Phi) is 6.79. The monoisotopic (exact) mass is 383 g/mol. The van der Waals surface area contributed by atoms with E-state index in [1.165, 1.54) is 23.1 Å². The van der Waals surface area contributed by atoms with Crippen molar-refractivity contribution in [2.24, 2.45) is 0 Å². The maximum absolute atomic E-state index is 13.9. The van der Waals surface area contributed by atoms with E-state index in [-0.39, 0.29) is 12.2 Å². The van der Waals surface area contributed by atoms with Crippen LogP contribution in [0.1, 0.15) is 11.1 Å². The molecular weight excluding hydrogens is 362 g/mol. The van der Waals surface area contributed by atoms with Crippen molar-refractivity contribution in [1.82, 2.24) is 9.80 Å². The Morgan fingerprint density at radius 2 is 1.63 bits per heavy atom. The lowest BCUT2D eigenvalue weighted by Gasteiger charge is -2.25. The zero-order valence-electron chi connectivity index (χ0n) is 15.1. The van der Waals surface area contributed by atoms with Gasteiger partial charge in [0.2, 0.25) is 0 Å². The largest absolute Gasteiger partial charge is 0.416 e. The van der Waals surface area contributed by atoms with Crippen molar-refractivity contribution >= 4 is 11.7 Å². The molecule has 0 saturated carbocycles. The van der Waals surface area contributed by atoms with Crippen molar-refractivity contribution in [1.29, 1.82) is 0 Å². The van der Waals surface area contributed by atoms with Crippen molar-refractivity contribution < 1.29 is 22.4 Å². The van der Waals surface area contributed by atoms with E-state index in [1.54, 1.807) is 18.2 Å². The smallest absolute Gasteiger partial charge is 0.319 e. The van der Waals surface area contributed by atoms with E-state index in [1.807, 2.05) is 19.0 Å². The summed E-state index contributed by atoms with van der Waals surface area (Å²) in [5, 5.41) is 2.56. The van der Waals surface area contributed by atoms with Crippen LogP contribution in [0.2, 0.25) is 0 Å². The molecule has 0 fully saturated rings. The maximum atomic E-state index is 13.9. The molecule has 0 aliphatic rings. The quantitative estimate of drug-likeness (QED) is 0.749. The molecule has 0 aromatic heterocycles. The number of urea groups is 1. The van der Waals surface area contributed by atoms with Gasteiger partial charge in [-0.25, -0.2) is 9.18 Å². The number of hydrogen-bond donors (Lipinski definition) is 1. The van der Waals surface area contributed by atoms with Gasteiger partial charge in [-0.15, -0.1) is 0 Å². The predicted octanol–water partition coefficient (Wildman–Crippen LogP) is 4.44. The van der Waals surface area contributed by atoms with Gasteiger partial charge in [-0.3, -0.25) is 0 Å². The fourth-order valence-electron chi connectivity index (χ4n) is 2.35. The number of amides is 2. The van der Waals surface area contributed by atoms with Gasteiger partial charge in [-0.1, -0.05) is 18.2 Å². The van der Waals surface area contributed by atoms with E-state index in [9.17, 15) is 22.4 Å². The molecule has 2 aromatic carbocycles. The first-order valence-corrected chi connectivity index (χ1v) is 8.28. The summed E-state index contributed by atoms with van der Waals surface area (Å²) < 4.78 is 51.8. The van der Waals surface area contributed by atoms with Crippen molar-refractivity contribution in [3.05, 3.63) is 65.5 Å². The highest BCUT2D eigenvalue weighted by Crippen LogP contribution is 2.29. The molecule has 0 unspecified atom stereocenters. The fourth-order valence-corrected chi connectivity index (χ4v) is 2.35. The molecule has 2 amide bonds. The van der Waals surface area contributed by atoms with Crippen molar-refractivity contribution in [2.75, 3.05) is 32.5 Å². The van der Waals surface area contributed by atoms with Gasteiger partial charge in [0.25, 0.3) is 0 Å². The van der Waals surface area contributed by atoms with Gasteiger partial charge < -0.3 is 15.1 Å². The molecule has 0 aliphatic heterocycles. The molecule has 146 valence electrons. The highest BCUT2D eigenvalue weighted by atomic mass is 19.4. The second-order valence-corrected chi connectivity index (χ2v) is 6.32. The van der Waals surface area contributed by atoms with E-state index in [0.717, 1.165) is 12.1 Å². The number of nitrogens with zero attached hydrogens (tertiary/aromatic N) is 2. The molecule has 2 aromatic rings. The van der Waals surface area contributed by atoms with Crippen LogP contribution in [0.5, 0.6) is 0 Å². The third-order valence-corrected chi connectivity index (χ3v) is 3.89. The minimum Gasteiger partial charge on any atom is -0.319 e. The van der Waals surface area contributed by atoms with Crippen LogP contribution in [-0.4, -0.2) is 43.0 Å². The van der Waals surface area contributed by atoms with Crippen LogP contribution in [0.4, 0.5) is 28.0 Å². The van der Waals surface area contributed by atoms with Gasteiger partial charge in [0, 0.05) is 24.3 Å². The lowest BCUT2D eigenvalue weighted by molar-refractivity contribution is -0.137. The summed E-state index contributed by atoms with van der Waals surface area (Å²) in [7, 11) is 3.68. The molecule has 0 bridgehead atoms. The number of hydrogen-bond acceptors (Lipinski definition) is 2. The average molecular weight is 383 g/mol. The maximum Gasteiger partial charge on any atom is 0.416 e. The van der Waals surface area contributed by atoms with E-state index in [0.29, 0.717) is 18.7 Å². The van der Waals surface area contributed by atoms with Crippen LogP contribution in [0.15, 0.2) is 48.5 Å². The Balaban J connectivity index is 2.12. The Hall–Kier alpha value is -2.61. The van der Waals surface area contributed by atoms with Crippen LogP contribution < -0.4 is 5.32 Å². The molecule has 0 saturated heterocycles. The van der Waals surface area contributed by atoms with Crippen molar-refractivity contribution in [3.8, 4) is 0 Å². The number of anilines is 1. The number of alkyl halides is 3. The number of nitrogens with one attached hydrogen (secondary N) is 1. The van der Waals surface area contributed by atoms with Crippen LogP contribution in [-0.2, 0) is 12.7 Å². The third-order valence-electron chi connectivity index (χ3n) is 3.89. The molecule has 1 N–H and O–H groups in total.